The van der Waals surface area contributed by atoms with Crippen molar-refractivity contribution in [1.82, 2.24) is 15.3 Å². The summed E-state index contributed by atoms with van der Waals surface area (Å²) in [5.41, 5.74) is 7.67. The number of carbonyl (C=O) groups is 1. The van der Waals surface area contributed by atoms with Gasteiger partial charge in [0.1, 0.15) is 5.82 Å². The summed E-state index contributed by atoms with van der Waals surface area (Å²) in [6.07, 6.45) is 2.89. The van der Waals surface area contributed by atoms with Gasteiger partial charge < -0.3 is 16.0 Å². The van der Waals surface area contributed by atoms with Crippen LogP contribution in [0.3, 0.4) is 0 Å². The molecule has 0 spiro atoms. The standard InChI is InChI=1S/C16H22N4O.ClH/c1-3-13(19-15(21)9-11(2)17)16-18-10-14(20-16)12-7-5-4-6-8-12;/h4-8,10-11,13H,3,9,17H2,1-2H3,(H,18,20)(H,19,21);1H. The lowest BCUT2D eigenvalue weighted by molar-refractivity contribution is -0.122. The highest BCUT2D eigenvalue weighted by Crippen LogP contribution is 2.20. The highest BCUT2D eigenvalue weighted by molar-refractivity contribution is 5.85. The predicted octanol–water partition coefficient (Wildman–Crippen LogP) is 2.80. The van der Waals surface area contributed by atoms with Gasteiger partial charge in [-0.05, 0) is 18.9 Å². The monoisotopic (exact) mass is 322 g/mol. The molecule has 0 aliphatic heterocycles. The Morgan fingerprint density at radius 3 is 2.64 bits per heavy atom. The molecule has 0 aliphatic carbocycles. The highest BCUT2D eigenvalue weighted by atomic mass is 35.5. The summed E-state index contributed by atoms with van der Waals surface area (Å²) in [6, 6.07) is 9.73. The Morgan fingerprint density at radius 1 is 1.36 bits per heavy atom. The Balaban J connectivity index is 0.00000242. The van der Waals surface area contributed by atoms with E-state index in [-0.39, 0.29) is 30.4 Å². The molecule has 0 saturated heterocycles. The predicted molar refractivity (Wildman–Crippen MR) is 90.7 cm³/mol. The molecule has 1 heterocycles. The Bertz CT molecular complexity index is 583. The number of amides is 1. The summed E-state index contributed by atoms with van der Waals surface area (Å²) in [7, 11) is 0. The minimum atomic E-state index is -0.140. The van der Waals surface area contributed by atoms with Gasteiger partial charge in [0.2, 0.25) is 5.91 Å². The van der Waals surface area contributed by atoms with E-state index in [2.05, 4.69) is 15.3 Å². The summed E-state index contributed by atoms with van der Waals surface area (Å²) >= 11 is 0. The zero-order valence-corrected chi connectivity index (χ0v) is 13.7. The van der Waals surface area contributed by atoms with E-state index >= 15 is 0 Å². The Labute approximate surface area is 137 Å². The Hall–Kier alpha value is -1.85. The maximum atomic E-state index is 11.8. The molecule has 2 unspecified atom stereocenters. The van der Waals surface area contributed by atoms with E-state index < -0.39 is 0 Å². The van der Waals surface area contributed by atoms with E-state index in [0.29, 0.717) is 6.42 Å². The lowest BCUT2D eigenvalue weighted by atomic mass is 10.1. The van der Waals surface area contributed by atoms with Gasteiger partial charge in [-0.15, -0.1) is 12.4 Å². The van der Waals surface area contributed by atoms with Crippen LogP contribution < -0.4 is 11.1 Å². The number of hydrogen-bond donors (Lipinski definition) is 3. The number of hydrogen-bond acceptors (Lipinski definition) is 3. The van der Waals surface area contributed by atoms with Gasteiger partial charge in [-0.3, -0.25) is 4.79 Å². The third-order valence-corrected chi connectivity index (χ3v) is 3.26. The number of nitrogens with zero attached hydrogens (tertiary/aromatic N) is 1. The van der Waals surface area contributed by atoms with Crippen LogP contribution in [-0.4, -0.2) is 21.9 Å². The van der Waals surface area contributed by atoms with Crippen LogP contribution in [-0.2, 0) is 4.79 Å². The molecule has 22 heavy (non-hydrogen) atoms. The van der Waals surface area contributed by atoms with Crippen LogP contribution in [0.5, 0.6) is 0 Å². The topological polar surface area (TPSA) is 83.8 Å². The first-order valence-electron chi connectivity index (χ1n) is 7.25. The molecule has 0 radical (unpaired) electrons. The number of nitrogens with one attached hydrogen (secondary N) is 2. The number of aromatic nitrogens is 2. The second-order valence-corrected chi connectivity index (χ2v) is 5.26. The lowest BCUT2D eigenvalue weighted by Crippen LogP contribution is -2.33. The first kappa shape index (κ1) is 18.2. The van der Waals surface area contributed by atoms with E-state index in [4.69, 9.17) is 5.73 Å². The van der Waals surface area contributed by atoms with Gasteiger partial charge in [-0.25, -0.2) is 4.98 Å². The summed E-state index contributed by atoms with van der Waals surface area (Å²) < 4.78 is 0. The number of imidazole rings is 1. The van der Waals surface area contributed by atoms with E-state index in [1.807, 2.05) is 44.2 Å². The molecule has 2 aromatic rings. The average Bonchev–Trinajstić information content (AvgIpc) is 2.94. The molecular formula is C16H23ClN4O. The first-order chi connectivity index (χ1) is 10.1. The molecule has 0 aliphatic rings. The molecular weight excluding hydrogens is 300 g/mol. The van der Waals surface area contributed by atoms with Gasteiger partial charge in [0, 0.05) is 12.5 Å². The second-order valence-electron chi connectivity index (χ2n) is 5.26. The van der Waals surface area contributed by atoms with Crippen LogP contribution in [0, 0.1) is 0 Å². The van der Waals surface area contributed by atoms with Gasteiger partial charge in [0.25, 0.3) is 0 Å². The minimum absolute atomic E-state index is 0. The third kappa shape index (κ3) is 4.86. The number of rotatable bonds is 6. The van der Waals surface area contributed by atoms with Gasteiger partial charge in [0.05, 0.1) is 17.9 Å². The molecule has 6 heteroatoms. The van der Waals surface area contributed by atoms with Crippen molar-refractivity contribution in [2.24, 2.45) is 5.73 Å². The van der Waals surface area contributed by atoms with Crippen molar-refractivity contribution in [2.45, 2.75) is 38.8 Å². The van der Waals surface area contributed by atoms with Crippen LogP contribution in [0.4, 0.5) is 0 Å². The lowest BCUT2D eigenvalue weighted by Gasteiger charge is -2.15. The fraction of sp³-hybridized carbons (Fsp3) is 0.375. The summed E-state index contributed by atoms with van der Waals surface area (Å²) in [4.78, 5) is 19.5. The van der Waals surface area contributed by atoms with Crippen LogP contribution in [0.2, 0.25) is 0 Å². The molecule has 4 N–H and O–H groups in total. The fourth-order valence-corrected chi connectivity index (χ4v) is 2.19. The molecule has 0 saturated carbocycles. The number of nitrogens with two attached hydrogens (primary N) is 1. The zero-order chi connectivity index (χ0) is 15.2. The van der Waals surface area contributed by atoms with E-state index in [0.717, 1.165) is 23.5 Å². The summed E-state index contributed by atoms with van der Waals surface area (Å²) in [6.45, 7) is 3.84. The molecule has 2 atom stereocenters. The van der Waals surface area contributed by atoms with Crippen molar-refractivity contribution >= 4 is 18.3 Å². The number of carbonyl (C=O) groups excluding carboxylic acids is 1. The smallest absolute Gasteiger partial charge is 0.222 e. The van der Waals surface area contributed by atoms with Crippen molar-refractivity contribution in [3.05, 3.63) is 42.4 Å². The van der Waals surface area contributed by atoms with Crippen LogP contribution in [0.25, 0.3) is 11.3 Å². The van der Waals surface area contributed by atoms with E-state index in [1.165, 1.54) is 0 Å². The van der Waals surface area contributed by atoms with Crippen molar-refractivity contribution < 1.29 is 4.79 Å². The van der Waals surface area contributed by atoms with Crippen LogP contribution in [0.1, 0.15) is 38.6 Å². The van der Waals surface area contributed by atoms with Gasteiger partial charge in [-0.1, -0.05) is 37.3 Å². The molecule has 0 fully saturated rings. The molecule has 2 rings (SSSR count). The van der Waals surface area contributed by atoms with Crippen LogP contribution in [0.15, 0.2) is 36.5 Å². The number of aromatic amines is 1. The van der Waals surface area contributed by atoms with Crippen LogP contribution >= 0.6 is 12.4 Å². The van der Waals surface area contributed by atoms with Gasteiger partial charge in [0.15, 0.2) is 0 Å². The van der Waals surface area contributed by atoms with Crippen molar-refractivity contribution in [1.29, 1.82) is 0 Å². The third-order valence-electron chi connectivity index (χ3n) is 3.26. The number of halogens is 1. The maximum absolute atomic E-state index is 11.8. The normalized spacial score (nSPS) is 13.0. The van der Waals surface area contributed by atoms with Crippen molar-refractivity contribution in [3.63, 3.8) is 0 Å². The van der Waals surface area contributed by atoms with E-state index in [9.17, 15) is 4.79 Å². The Morgan fingerprint density at radius 2 is 2.05 bits per heavy atom. The first-order valence-corrected chi connectivity index (χ1v) is 7.25. The Kier molecular flexibility index (Phi) is 7.08. The quantitative estimate of drug-likeness (QED) is 0.764. The molecule has 5 nitrogen and oxygen atoms in total. The molecule has 120 valence electrons. The molecule has 1 aromatic carbocycles. The number of benzene rings is 1. The second kappa shape index (κ2) is 8.56. The zero-order valence-electron chi connectivity index (χ0n) is 12.9. The fourth-order valence-electron chi connectivity index (χ4n) is 2.19. The maximum Gasteiger partial charge on any atom is 0.222 e. The largest absolute Gasteiger partial charge is 0.346 e. The number of H-pyrrole nitrogens is 1. The SMILES string of the molecule is CCC(NC(=O)CC(C)N)c1ncc(-c2ccccc2)[nH]1.Cl. The molecule has 0 bridgehead atoms. The van der Waals surface area contributed by atoms with Crippen molar-refractivity contribution in [3.8, 4) is 11.3 Å². The van der Waals surface area contributed by atoms with E-state index in [1.54, 1.807) is 6.20 Å². The van der Waals surface area contributed by atoms with Crippen molar-refractivity contribution in [2.75, 3.05) is 0 Å². The molecule has 1 aromatic heterocycles. The summed E-state index contributed by atoms with van der Waals surface area (Å²) in [5, 5.41) is 2.97. The van der Waals surface area contributed by atoms with Gasteiger partial charge in [-0.2, -0.15) is 0 Å². The molecule has 1 amide bonds. The minimum Gasteiger partial charge on any atom is -0.346 e. The van der Waals surface area contributed by atoms with Gasteiger partial charge >= 0.3 is 0 Å². The summed E-state index contributed by atoms with van der Waals surface area (Å²) in [5.74, 6) is 0.726. The average molecular weight is 323 g/mol. The highest BCUT2D eigenvalue weighted by Gasteiger charge is 2.16.